The van der Waals surface area contributed by atoms with E-state index in [1.165, 1.54) is 38.0 Å². The van der Waals surface area contributed by atoms with Gasteiger partial charge in [-0.05, 0) is 32.0 Å². The first-order chi connectivity index (χ1) is 14.2. The summed E-state index contributed by atoms with van der Waals surface area (Å²) in [6.07, 6.45) is 0. The Hall–Kier alpha value is -2.69. The van der Waals surface area contributed by atoms with Crippen LogP contribution >= 0.6 is 11.8 Å². The molecule has 0 radical (unpaired) electrons. The average molecular weight is 446 g/mol. The van der Waals surface area contributed by atoms with Gasteiger partial charge < -0.3 is 5.32 Å². The largest absolute Gasteiger partial charge is 0.325 e. The predicted molar refractivity (Wildman–Crippen MR) is 118 cm³/mol. The lowest BCUT2D eigenvalue weighted by Gasteiger charge is -2.14. The van der Waals surface area contributed by atoms with E-state index in [2.05, 4.69) is 20.5 Å². The minimum Gasteiger partial charge on any atom is -0.325 e. The number of aryl methyl sites for hydroxylation is 1. The van der Waals surface area contributed by atoms with E-state index in [-0.39, 0.29) is 10.8 Å². The number of benzene rings is 2. The van der Waals surface area contributed by atoms with Crippen LogP contribution in [-0.4, -0.2) is 53.2 Å². The van der Waals surface area contributed by atoms with Crippen molar-refractivity contribution >= 4 is 33.4 Å². The molecule has 0 aliphatic rings. The summed E-state index contributed by atoms with van der Waals surface area (Å²) in [7, 11) is -0.659. The maximum Gasteiger partial charge on any atom is 0.242 e. The van der Waals surface area contributed by atoms with Crippen LogP contribution in [0.4, 0.5) is 5.69 Å². The summed E-state index contributed by atoms with van der Waals surface area (Å²) in [5, 5.41) is 9.78. The van der Waals surface area contributed by atoms with Gasteiger partial charge >= 0.3 is 0 Å². The predicted octanol–water partition coefficient (Wildman–Crippen LogP) is 3.15. The second kappa shape index (κ2) is 8.99. The summed E-state index contributed by atoms with van der Waals surface area (Å²) in [5.74, 6) is 0.354. The van der Waals surface area contributed by atoms with Crippen LogP contribution in [0.3, 0.4) is 0 Å². The molecule has 1 amide bonds. The number of nitrogens with one attached hydrogen (secondary N) is 2. The molecule has 0 saturated heterocycles. The van der Waals surface area contributed by atoms with Gasteiger partial charge in [0, 0.05) is 25.3 Å². The number of sulfonamides is 1. The zero-order valence-corrected chi connectivity index (χ0v) is 18.7. The maximum atomic E-state index is 12.6. The van der Waals surface area contributed by atoms with E-state index in [4.69, 9.17) is 0 Å². The minimum atomic E-state index is -3.58. The quantitative estimate of drug-likeness (QED) is 0.541. The molecule has 0 spiro atoms. The van der Waals surface area contributed by atoms with Crippen molar-refractivity contribution in [2.45, 2.75) is 29.1 Å². The van der Waals surface area contributed by atoms with Gasteiger partial charge in [-0.3, -0.25) is 9.89 Å². The lowest BCUT2D eigenvalue weighted by Crippen LogP contribution is -2.24. The molecule has 3 rings (SSSR count). The van der Waals surface area contributed by atoms with Gasteiger partial charge in [0.25, 0.3) is 0 Å². The highest BCUT2D eigenvalue weighted by Gasteiger charge is 2.20. The number of anilines is 1. The van der Waals surface area contributed by atoms with Crippen molar-refractivity contribution in [3.05, 3.63) is 54.1 Å². The van der Waals surface area contributed by atoms with Gasteiger partial charge in [0.2, 0.25) is 21.1 Å². The molecule has 2 aromatic carbocycles. The van der Waals surface area contributed by atoms with Gasteiger partial charge in [-0.2, -0.15) is 0 Å². The number of rotatable bonds is 7. The summed E-state index contributed by atoms with van der Waals surface area (Å²) in [5.41, 5.74) is 2.47. The van der Waals surface area contributed by atoms with Gasteiger partial charge in [-0.1, -0.05) is 47.7 Å². The Bertz CT molecular complexity index is 1140. The highest BCUT2D eigenvalue weighted by atomic mass is 32.2. The Labute approximate surface area is 180 Å². The van der Waals surface area contributed by atoms with Crippen molar-refractivity contribution in [3.8, 4) is 11.4 Å². The van der Waals surface area contributed by atoms with Crippen molar-refractivity contribution < 1.29 is 13.2 Å². The third-order valence-corrected chi connectivity index (χ3v) is 7.09. The molecular weight excluding hydrogens is 422 g/mol. The fourth-order valence-corrected chi connectivity index (χ4v) is 4.21. The normalized spacial score (nSPS) is 12.7. The van der Waals surface area contributed by atoms with Crippen LogP contribution in [0.15, 0.2) is 58.6 Å². The lowest BCUT2D eigenvalue weighted by molar-refractivity contribution is -0.115. The van der Waals surface area contributed by atoms with E-state index in [1.807, 2.05) is 31.2 Å². The summed E-state index contributed by atoms with van der Waals surface area (Å²) < 4.78 is 25.7. The zero-order valence-electron chi connectivity index (χ0n) is 17.1. The Morgan fingerprint density at radius 3 is 2.53 bits per heavy atom. The molecule has 8 nitrogen and oxygen atoms in total. The minimum absolute atomic E-state index is 0.113. The SMILES string of the molecule is Cc1ccc(-c2nc(SC(C)C(=O)Nc3cccc(S(=O)(=O)N(C)C)c3)n[nH]2)cc1. The summed E-state index contributed by atoms with van der Waals surface area (Å²) >= 11 is 1.21. The number of amides is 1. The van der Waals surface area contributed by atoms with E-state index >= 15 is 0 Å². The summed E-state index contributed by atoms with van der Waals surface area (Å²) in [4.78, 5) is 17.1. The van der Waals surface area contributed by atoms with Crippen LogP contribution in [0.1, 0.15) is 12.5 Å². The van der Waals surface area contributed by atoms with Gasteiger partial charge in [0.05, 0.1) is 10.1 Å². The number of thioether (sulfide) groups is 1. The zero-order chi connectivity index (χ0) is 21.9. The number of aromatic nitrogens is 3. The fourth-order valence-electron chi connectivity index (χ4n) is 2.54. The second-order valence-corrected chi connectivity index (χ2v) is 10.4. The van der Waals surface area contributed by atoms with Gasteiger partial charge in [0.1, 0.15) is 0 Å². The number of carbonyl (C=O) groups is 1. The molecule has 158 valence electrons. The van der Waals surface area contributed by atoms with Gasteiger partial charge in [0.15, 0.2) is 5.82 Å². The molecule has 0 bridgehead atoms. The van der Waals surface area contributed by atoms with E-state index in [9.17, 15) is 13.2 Å². The molecule has 0 aliphatic heterocycles. The molecule has 10 heteroatoms. The number of nitrogens with zero attached hydrogens (tertiary/aromatic N) is 3. The number of hydrogen-bond donors (Lipinski definition) is 2. The van der Waals surface area contributed by atoms with Crippen molar-refractivity contribution in [1.82, 2.24) is 19.5 Å². The number of H-pyrrole nitrogens is 1. The third kappa shape index (κ3) is 5.07. The number of hydrogen-bond acceptors (Lipinski definition) is 6. The van der Waals surface area contributed by atoms with Crippen LogP contribution in [0.25, 0.3) is 11.4 Å². The van der Waals surface area contributed by atoms with Crippen LogP contribution < -0.4 is 5.32 Å². The highest BCUT2D eigenvalue weighted by molar-refractivity contribution is 8.00. The summed E-state index contributed by atoms with van der Waals surface area (Å²) in [6, 6.07) is 14.1. The Morgan fingerprint density at radius 1 is 1.17 bits per heavy atom. The van der Waals surface area contributed by atoms with Crippen LogP contribution in [0, 0.1) is 6.92 Å². The molecule has 1 aromatic heterocycles. The van der Waals surface area contributed by atoms with Crippen LogP contribution in [0.2, 0.25) is 0 Å². The standard InChI is InChI=1S/C20H23N5O3S2/c1-13-8-10-15(11-9-13)18-22-20(24-23-18)29-14(2)19(26)21-16-6-5-7-17(12-16)30(27,28)25(3)4/h5-12,14H,1-4H3,(H,21,26)(H,22,23,24). The Kier molecular flexibility index (Phi) is 6.59. The number of aromatic amines is 1. The summed E-state index contributed by atoms with van der Waals surface area (Å²) in [6.45, 7) is 3.75. The van der Waals surface area contributed by atoms with Crippen molar-refractivity contribution in [1.29, 1.82) is 0 Å². The number of carbonyl (C=O) groups excluding carboxylic acids is 1. The van der Waals surface area contributed by atoms with Crippen LogP contribution in [0.5, 0.6) is 0 Å². The van der Waals surface area contributed by atoms with Crippen LogP contribution in [-0.2, 0) is 14.8 Å². The first-order valence-corrected chi connectivity index (χ1v) is 11.5. The van der Waals surface area contributed by atoms with E-state index in [0.717, 1.165) is 15.4 Å². The first kappa shape index (κ1) is 22.0. The maximum absolute atomic E-state index is 12.6. The molecule has 30 heavy (non-hydrogen) atoms. The van der Waals surface area contributed by atoms with Crippen molar-refractivity contribution in [2.75, 3.05) is 19.4 Å². The third-order valence-electron chi connectivity index (χ3n) is 4.32. The molecule has 1 unspecified atom stereocenters. The smallest absolute Gasteiger partial charge is 0.242 e. The second-order valence-electron chi connectivity index (χ2n) is 6.90. The van der Waals surface area contributed by atoms with E-state index in [0.29, 0.717) is 16.7 Å². The van der Waals surface area contributed by atoms with Crippen molar-refractivity contribution in [3.63, 3.8) is 0 Å². The fraction of sp³-hybridized carbons (Fsp3) is 0.250. The Morgan fingerprint density at radius 2 is 1.87 bits per heavy atom. The lowest BCUT2D eigenvalue weighted by atomic mass is 10.1. The van der Waals surface area contributed by atoms with E-state index < -0.39 is 15.3 Å². The molecular formula is C20H23N5O3S2. The molecule has 0 saturated carbocycles. The Balaban J connectivity index is 1.66. The highest BCUT2D eigenvalue weighted by Crippen LogP contribution is 2.24. The first-order valence-electron chi connectivity index (χ1n) is 9.16. The molecule has 3 aromatic rings. The van der Waals surface area contributed by atoms with Gasteiger partial charge in [-0.25, -0.2) is 17.7 Å². The van der Waals surface area contributed by atoms with E-state index in [1.54, 1.807) is 19.1 Å². The molecule has 0 aliphatic carbocycles. The molecule has 1 atom stereocenters. The molecule has 1 heterocycles. The molecule has 2 N–H and O–H groups in total. The van der Waals surface area contributed by atoms with Crippen molar-refractivity contribution in [2.24, 2.45) is 0 Å². The molecule has 0 fully saturated rings. The van der Waals surface area contributed by atoms with Gasteiger partial charge in [-0.15, -0.1) is 5.10 Å². The average Bonchev–Trinajstić information content (AvgIpc) is 3.17. The topological polar surface area (TPSA) is 108 Å². The monoisotopic (exact) mass is 445 g/mol.